The van der Waals surface area contributed by atoms with Crippen molar-refractivity contribution in [1.29, 1.82) is 0 Å². The molecular weight excluding hydrogens is 170 g/mol. The SMILES string of the molecule is CCOCCOCCC(C)(N)CO. The number of nitrogens with two attached hydrogens (primary N) is 1. The summed E-state index contributed by atoms with van der Waals surface area (Å²) in [5, 5.41) is 8.83. The van der Waals surface area contributed by atoms with E-state index in [1.165, 1.54) is 0 Å². The molecule has 1 unspecified atom stereocenters. The van der Waals surface area contributed by atoms with Crippen LogP contribution in [0.25, 0.3) is 0 Å². The van der Waals surface area contributed by atoms with Gasteiger partial charge in [0, 0.05) is 18.8 Å². The van der Waals surface area contributed by atoms with Gasteiger partial charge in [-0.3, -0.25) is 0 Å². The van der Waals surface area contributed by atoms with E-state index in [1.54, 1.807) is 6.92 Å². The molecule has 1 atom stereocenters. The van der Waals surface area contributed by atoms with Crippen molar-refractivity contribution in [2.24, 2.45) is 5.73 Å². The average molecular weight is 191 g/mol. The normalized spacial score (nSPS) is 15.7. The van der Waals surface area contributed by atoms with E-state index in [2.05, 4.69) is 0 Å². The zero-order valence-corrected chi connectivity index (χ0v) is 8.58. The Hall–Kier alpha value is -0.160. The topological polar surface area (TPSA) is 64.7 Å². The minimum atomic E-state index is -0.522. The van der Waals surface area contributed by atoms with E-state index < -0.39 is 5.54 Å². The molecule has 80 valence electrons. The fraction of sp³-hybridized carbons (Fsp3) is 1.00. The first-order valence-electron chi connectivity index (χ1n) is 4.67. The third kappa shape index (κ3) is 8.18. The van der Waals surface area contributed by atoms with Crippen LogP contribution in [0.1, 0.15) is 20.3 Å². The van der Waals surface area contributed by atoms with Crippen LogP contribution in [-0.2, 0) is 9.47 Å². The van der Waals surface area contributed by atoms with Gasteiger partial charge in [-0.1, -0.05) is 0 Å². The third-order valence-electron chi connectivity index (χ3n) is 1.75. The Balaban J connectivity index is 3.16. The summed E-state index contributed by atoms with van der Waals surface area (Å²) in [5.74, 6) is 0. The molecule has 0 saturated heterocycles. The molecule has 0 fully saturated rings. The van der Waals surface area contributed by atoms with E-state index in [9.17, 15) is 0 Å². The Morgan fingerprint density at radius 2 is 1.85 bits per heavy atom. The van der Waals surface area contributed by atoms with Crippen molar-refractivity contribution in [3.05, 3.63) is 0 Å². The second kappa shape index (κ2) is 7.26. The Morgan fingerprint density at radius 3 is 2.38 bits per heavy atom. The molecule has 0 heterocycles. The van der Waals surface area contributed by atoms with Crippen molar-refractivity contribution < 1.29 is 14.6 Å². The number of rotatable bonds is 8. The summed E-state index contributed by atoms with van der Waals surface area (Å²) in [5.41, 5.74) is 5.17. The molecule has 0 aromatic carbocycles. The average Bonchev–Trinajstić information content (AvgIpc) is 2.11. The van der Waals surface area contributed by atoms with E-state index in [1.807, 2.05) is 6.92 Å². The second-order valence-electron chi connectivity index (χ2n) is 3.37. The van der Waals surface area contributed by atoms with Crippen LogP contribution in [-0.4, -0.2) is 43.7 Å². The minimum absolute atomic E-state index is 0.0121. The fourth-order valence-electron chi connectivity index (χ4n) is 0.749. The summed E-state index contributed by atoms with van der Waals surface area (Å²) in [6, 6.07) is 0. The van der Waals surface area contributed by atoms with E-state index in [-0.39, 0.29) is 6.61 Å². The molecule has 0 aliphatic carbocycles. The van der Waals surface area contributed by atoms with Crippen molar-refractivity contribution in [3.8, 4) is 0 Å². The molecule has 0 saturated carbocycles. The Morgan fingerprint density at radius 1 is 1.23 bits per heavy atom. The maximum absolute atomic E-state index is 8.83. The third-order valence-corrected chi connectivity index (χ3v) is 1.75. The fourth-order valence-corrected chi connectivity index (χ4v) is 0.749. The zero-order chi connectivity index (χ0) is 10.2. The van der Waals surface area contributed by atoms with Gasteiger partial charge in [0.15, 0.2) is 0 Å². The van der Waals surface area contributed by atoms with Crippen molar-refractivity contribution in [1.82, 2.24) is 0 Å². The van der Waals surface area contributed by atoms with Crippen molar-refractivity contribution in [2.45, 2.75) is 25.8 Å². The molecule has 0 aliphatic heterocycles. The molecule has 0 amide bonds. The lowest BCUT2D eigenvalue weighted by Gasteiger charge is -2.21. The standard InChI is InChI=1S/C9H21NO3/c1-3-12-6-7-13-5-4-9(2,10)8-11/h11H,3-8,10H2,1-2H3. The molecule has 13 heavy (non-hydrogen) atoms. The van der Waals surface area contributed by atoms with Gasteiger partial charge in [0.2, 0.25) is 0 Å². The highest BCUT2D eigenvalue weighted by atomic mass is 16.5. The number of aliphatic hydroxyl groups excluding tert-OH is 1. The van der Waals surface area contributed by atoms with Crippen LogP contribution >= 0.6 is 0 Å². The summed E-state index contributed by atoms with van der Waals surface area (Å²) in [7, 11) is 0. The van der Waals surface area contributed by atoms with Gasteiger partial charge in [0.25, 0.3) is 0 Å². The summed E-state index contributed by atoms with van der Waals surface area (Å²) < 4.78 is 10.3. The van der Waals surface area contributed by atoms with Crippen LogP contribution < -0.4 is 5.73 Å². The van der Waals surface area contributed by atoms with E-state index in [4.69, 9.17) is 20.3 Å². The van der Waals surface area contributed by atoms with Crippen LogP contribution in [0, 0.1) is 0 Å². The van der Waals surface area contributed by atoms with Crippen molar-refractivity contribution in [3.63, 3.8) is 0 Å². The van der Waals surface area contributed by atoms with Gasteiger partial charge < -0.3 is 20.3 Å². The van der Waals surface area contributed by atoms with E-state index in [0.717, 1.165) is 0 Å². The molecule has 0 aromatic heterocycles. The first-order chi connectivity index (χ1) is 6.12. The highest BCUT2D eigenvalue weighted by Gasteiger charge is 2.15. The molecule has 0 radical (unpaired) electrons. The number of ether oxygens (including phenoxy) is 2. The van der Waals surface area contributed by atoms with Gasteiger partial charge in [-0.15, -0.1) is 0 Å². The molecule has 0 bridgehead atoms. The lowest BCUT2D eigenvalue weighted by Crippen LogP contribution is -2.41. The molecule has 0 rings (SSSR count). The quantitative estimate of drug-likeness (QED) is 0.536. The molecule has 3 N–H and O–H groups in total. The summed E-state index contributed by atoms with van der Waals surface area (Å²) >= 11 is 0. The van der Waals surface area contributed by atoms with Crippen LogP contribution in [0.2, 0.25) is 0 Å². The van der Waals surface area contributed by atoms with E-state index in [0.29, 0.717) is 32.8 Å². The Bertz CT molecular complexity index is 117. The summed E-state index contributed by atoms with van der Waals surface area (Å²) in [6.45, 7) is 6.24. The monoisotopic (exact) mass is 191 g/mol. The first-order valence-corrected chi connectivity index (χ1v) is 4.67. The largest absolute Gasteiger partial charge is 0.394 e. The smallest absolute Gasteiger partial charge is 0.0700 e. The maximum atomic E-state index is 8.83. The van der Waals surface area contributed by atoms with Gasteiger partial charge in [0.1, 0.15) is 0 Å². The highest BCUT2D eigenvalue weighted by molar-refractivity contribution is 4.76. The van der Waals surface area contributed by atoms with Gasteiger partial charge in [0.05, 0.1) is 19.8 Å². The maximum Gasteiger partial charge on any atom is 0.0700 e. The lowest BCUT2D eigenvalue weighted by molar-refractivity contribution is 0.0422. The van der Waals surface area contributed by atoms with Crippen LogP contribution in [0.3, 0.4) is 0 Å². The van der Waals surface area contributed by atoms with Crippen LogP contribution in [0.15, 0.2) is 0 Å². The van der Waals surface area contributed by atoms with Crippen molar-refractivity contribution >= 4 is 0 Å². The molecule has 0 aliphatic rings. The van der Waals surface area contributed by atoms with Gasteiger partial charge in [-0.05, 0) is 20.3 Å². The summed E-state index contributed by atoms with van der Waals surface area (Å²) in [6.07, 6.45) is 0.662. The first kappa shape index (κ1) is 12.8. The predicted octanol–water partition coefficient (Wildman–Crippen LogP) is 0.139. The number of hydrogen-bond acceptors (Lipinski definition) is 4. The summed E-state index contributed by atoms with van der Waals surface area (Å²) in [4.78, 5) is 0. The van der Waals surface area contributed by atoms with Crippen LogP contribution in [0.4, 0.5) is 0 Å². The van der Waals surface area contributed by atoms with Crippen LogP contribution in [0.5, 0.6) is 0 Å². The second-order valence-corrected chi connectivity index (χ2v) is 3.37. The van der Waals surface area contributed by atoms with Crippen molar-refractivity contribution in [2.75, 3.05) is 33.0 Å². The molecular formula is C9H21NO3. The predicted molar refractivity (Wildman–Crippen MR) is 51.6 cm³/mol. The number of hydrogen-bond donors (Lipinski definition) is 2. The molecule has 0 spiro atoms. The molecule has 4 heteroatoms. The molecule has 0 aromatic rings. The van der Waals surface area contributed by atoms with Gasteiger partial charge >= 0.3 is 0 Å². The van der Waals surface area contributed by atoms with Gasteiger partial charge in [-0.2, -0.15) is 0 Å². The minimum Gasteiger partial charge on any atom is -0.394 e. The Kier molecular flexibility index (Phi) is 7.17. The Labute approximate surface area is 80.0 Å². The van der Waals surface area contributed by atoms with E-state index >= 15 is 0 Å². The number of aliphatic hydroxyl groups is 1. The zero-order valence-electron chi connectivity index (χ0n) is 8.58. The lowest BCUT2D eigenvalue weighted by atomic mass is 10.0. The highest BCUT2D eigenvalue weighted by Crippen LogP contribution is 2.03. The van der Waals surface area contributed by atoms with Gasteiger partial charge in [-0.25, -0.2) is 0 Å². The molecule has 4 nitrogen and oxygen atoms in total.